The van der Waals surface area contributed by atoms with E-state index < -0.39 is 11.5 Å². The minimum atomic E-state index is -0.559. The smallest absolute Gasteiger partial charge is 0.410 e. The lowest BCUT2D eigenvalue weighted by Crippen LogP contribution is -2.40. The lowest BCUT2D eigenvalue weighted by molar-refractivity contribution is 0.0224. The van der Waals surface area contributed by atoms with Gasteiger partial charge in [0.05, 0.1) is 12.7 Å². The average molecular weight is 344 g/mol. The number of H-pyrrole nitrogens is 1. The van der Waals surface area contributed by atoms with Gasteiger partial charge in [0.2, 0.25) is 0 Å². The molecular formula is C16H20N6O3. The van der Waals surface area contributed by atoms with E-state index in [1.165, 1.54) is 18.6 Å². The summed E-state index contributed by atoms with van der Waals surface area (Å²) >= 11 is 0. The Balaban J connectivity index is 1.73. The second kappa shape index (κ2) is 6.50. The van der Waals surface area contributed by atoms with Gasteiger partial charge < -0.3 is 15.0 Å². The van der Waals surface area contributed by atoms with Crippen molar-refractivity contribution in [3.63, 3.8) is 0 Å². The lowest BCUT2D eigenvalue weighted by Gasteiger charge is -2.30. The SMILES string of the molecule is CC(C)(C)OC(=O)N1CCc2[nH]nc(NC(=O)c3cnccn3)c2C1. The molecule has 1 aliphatic heterocycles. The van der Waals surface area contributed by atoms with Crippen molar-refractivity contribution >= 4 is 17.8 Å². The van der Waals surface area contributed by atoms with E-state index in [1.807, 2.05) is 20.8 Å². The van der Waals surface area contributed by atoms with E-state index in [0.717, 1.165) is 11.3 Å². The molecule has 0 fully saturated rings. The predicted molar refractivity (Wildman–Crippen MR) is 88.9 cm³/mol. The van der Waals surface area contributed by atoms with Crippen LogP contribution in [0.3, 0.4) is 0 Å². The van der Waals surface area contributed by atoms with Gasteiger partial charge in [-0.05, 0) is 20.8 Å². The number of nitrogens with zero attached hydrogens (tertiary/aromatic N) is 4. The summed E-state index contributed by atoms with van der Waals surface area (Å²) in [5.74, 6) is -0.0179. The van der Waals surface area contributed by atoms with E-state index >= 15 is 0 Å². The van der Waals surface area contributed by atoms with Gasteiger partial charge in [-0.15, -0.1) is 0 Å². The quantitative estimate of drug-likeness (QED) is 0.858. The van der Waals surface area contributed by atoms with Gasteiger partial charge in [0, 0.05) is 36.6 Å². The van der Waals surface area contributed by atoms with Crippen LogP contribution in [0.5, 0.6) is 0 Å². The van der Waals surface area contributed by atoms with Gasteiger partial charge in [0.25, 0.3) is 5.91 Å². The summed E-state index contributed by atoms with van der Waals surface area (Å²) in [6.45, 7) is 6.32. The van der Waals surface area contributed by atoms with Crippen molar-refractivity contribution in [1.29, 1.82) is 0 Å². The minimum absolute atomic E-state index is 0.194. The van der Waals surface area contributed by atoms with Crippen LogP contribution in [0.1, 0.15) is 42.5 Å². The maximum absolute atomic E-state index is 12.3. The molecule has 2 N–H and O–H groups in total. The van der Waals surface area contributed by atoms with Crippen LogP contribution in [0.15, 0.2) is 18.6 Å². The van der Waals surface area contributed by atoms with Crippen LogP contribution < -0.4 is 5.32 Å². The molecular weight excluding hydrogens is 324 g/mol. The first-order chi connectivity index (χ1) is 11.8. The van der Waals surface area contributed by atoms with Gasteiger partial charge >= 0.3 is 6.09 Å². The van der Waals surface area contributed by atoms with Crippen LogP contribution in [0.25, 0.3) is 0 Å². The Bertz CT molecular complexity index is 781. The zero-order valence-electron chi connectivity index (χ0n) is 14.4. The van der Waals surface area contributed by atoms with Gasteiger partial charge in [-0.1, -0.05) is 0 Å². The number of amides is 2. The zero-order chi connectivity index (χ0) is 18.0. The normalized spacial score (nSPS) is 14.0. The second-order valence-electron chi connectivity index (χ2n) is 6.73. The fourth-order valence-electron chi connectivity index (χ4n) is 2.47. The predicted octanol–water partition coefficient (Wildman–Crippen LogP) is 1.75. The van der Waals surface area contributed by atoms with E-state index in [2.05, 4.69) is 25.5 Å². The summed E-state index contributed by atoms with van der Waals surface area (Å²) in [5, 5.41) is 9.77. The van der Waals surface area contributed by atoms with E-state index in [4.69, 9.17) is 4.74 Å². The first-order valence-corrected chi connectivity index (χ1v) is 7.95. The Morgan fingerprint density at radius 3 is 2.80 bits per heavy atom. The van der Waals surface area contributed by atoms with Gasteiger partial charge in [-0.3, -0.25) is 14.9 Å². The monoisotopic (exact) mass is 344 g/mol. The highest BCUT2D eigenvalue weighted by Crippen LogP contribution is 2.25. The third kappa shape index (κ3) is 3.93. The molecule has 0 unspecified atom stereocenters. The van der Waals surface area contributed by atoms with E-state index in [9.17, 15) is 9.59 Å². The molecule has 0 atom stereocenters. The number of hydrogen-bond acceptors (Lipinski definition) is 6. The summed E-state index contributed by atoms with van der Waals surface area (Å²) in [7, 11) is 0. The maximum atomic E-state index is 12.3. The van der Waals surface area contributed by atoms with Crippen LogP contribution in [-0.4, -0.2) is 49.2 Å². The number of aromatic nitrogens is 4. The number of anilines is 1. The Morgan fingerprint density at radius 2 is 2.12 bits per heavy atom. The zero-order valence-corrected chi connectivity index (χ0v) is 14.4. The van der Waals surface area contributed by atoms with Crippen molar-refractivity contribution in [1.82, 2.24) is 25.1 Å². The largest absolute Gasteiger partial charge is 0.444 e. The van der Waals surface area contributed by atoms with Gasteiger partial charge in [-0.25, -0.2) is 9.78 Å². The van der Waals surface area contributed by atoms with Crippen LogP contribution >= 0.6 is 0 Å². The first kappa shape index (κ1) is 16.9. The fraction of sp³-hybridized carbons (Fsp3) is 0.438. The summed E-state index contributed by atoms with van der Waals surface area (Å²) in [6, 6.07) is 0. The molecule has 0 saturated carbocycles. The molecule has 2 aromatic heterocycles. The lowest BCUT2D eigenvalue weighted by atomic mass is 10.1. The summed E-state index contributed by atoms with van der Waals surface area (Å²) in [5.41, 5.74) is 1.30. The Morgan fingerprint density at radius 1 is 1.32 bits per heavy atom. The minimum Gasteiger partial charge on any atom is -0.444 e. The van der Waals surface area contributed by atoms with Crippen molar-refractivity contribution in [2.45, 2.75) is 39.3 Å². The van der Waals surface area contributed by atoms with E-state index in [1.54, 1.807) is 4.90 Å². The average Bonchev–Trinajstić information content (AvgIpc) is 2.96. The molecule has 132 valence electrons. The number of hydrogen-bond donors (Lipinski definition) is 2. The third-order valence-electron chi connectivity index (χ3n) is 3.61. The molecule has 0 saturated heterocycles. The van der Waals surface area contributed by atoms with E-state index in [-0.39, 0.29) is 11.8 Å². The topological polar surface area (TPSA) is 113 Å². The molecule has 3 rings (SSSR count). The van der Waals surface area contributed by atoms with Crippen molar-refractivity contribution < 1.29 is 14.3 Å². The molecule has 9 heteroatoms. The third-order valence-corrected chi connectivity index (χ3v) is 3.61. The standard InChI is InChI=1S/C16H20N6O3/c1-16(2,3)25-15(24)22-7-4-11-10(9-22)13(21-20-11)19-14(23)12-8-17-5-6-18-12/h5-6,8H,4,7,9H2,1-3H3,(H2,19,20,21,23). The number of carbonyl (C=O) groups excluding carboxylic acids is 2. The Labute approximate surface area is 144 Å². The van der Waals surface area contributed by atoms with E-state index in [0.29, 0.717) is 25.3 Å². The number of nitrogens with one attached hydrogen (secondary N) is 2. The highest BCUT2D eigenvalue weighted by Gasteiger charge is 2.29. The van der Waals surface area contributed by atoms with Crippen molar-refractivity contribution in [3.8, 4) is 0 Å². The molecule has 0 bridgehead atoms. The maximum Gasteiger partial charge on any atom is 0.410 e. The van der Waals surface area contributed by atoms with Crippen molar-refractivity contribution in [2.24, 2.45) is 0 Å². The Hall–Kier alpha value is -2.97. The molecule has 2 amide bonds. The highest BCUT2D eigenvalue weighted by atomic mass is 16.6. The summed E-state index contributed by atoms with van der Waals surface area (Å²) in [6.07, 6.45) is 4.54. The highest BCUT2D eigenvalue weighted by molar-refractivity contribution is 6.02. The first-order valence-electron chi connectivity index (χ1n) is 7.95. The molecule has 25 heavy (non-hydrogen) atoms. The molecule has 0 aliphatic carbocycles. The number of ether oxygens (including phenoxy) is 1. The fourth-order valence-corrected chi connectivity index (χ4v) is 2.47. The van der Waals surface area contributed by atoms with Crippen LogP contribution in [0.4, 0.5) is 10.6 Å². The van der Waals surface area contributed by atoms with Gasteiger partial charge in [0.15, 0.2) is 5.82 Å². The summed E-state index contributed by atoms with van der Waals surface area (Å²) < 4.78 is 5.41. The molecule has 0 aromatic carbocycles. The van der Waals surface area contributed by atoms with Gasteiger partial charge in [0.1, 0.15) is 11.3 Å². The number of aromatic amines is 1. The van der Waals surface area contributed by atoms with Crippen LogP contribution in [0, 0.1) is 0 Å². The molecule has 0 spiro atoms. The molecule has 3 heterocycles. The molecule has 2 aromatic rings. The van der Waals surface area contributed by atoms with Gasteiger partial charge in [-0.2, -0.15) is 5.10 Å². The summed E-state index contributed by atoms with van der Waals surface area (Å²) in [4.78, 5) is 33.9. The molecule has 9 nitrogen and oxygen atoms in total. The van der Waals surface area contributed by atoms with Crippen molar-refractivity contribution in [2.75, 3.05) is 11.9 Å². The van der Waals surface area contributed by atoms with Crippen molar-refractivity contribution in [3.05, 3.63) is 35.5 Å². The molecule has 0 radical (unpaired) electrons. The second-order valence-corrected chi connectivity index (χ2v) is 6.73. The van der Waals surface area contributed by atoms with Crippen LogP contribution in [-0.2, 0) is 17.7 Å². The molecule has 1 aliphatic rings. The van der Waals surface area contributed by atoms with Crippen LogP contribution in [0.2, 0.25) is 0 Å². The Kier molecular flexibility index (Phi) is 4.39. The number of rotatable bonds is 2. The number of fused-ring (bicyclic) bond motifs is 1. The number of carbonyl (C=O) groups is 2.